The van der Waals surface area contributed by atoms with E-state index in [0.717, 1.165) is 17.5 Å². The molecule has 1 aromatic carbocycles. The van der Waals surface area contributed by atoms with Gasteiger partial charge in [-0.3, -0.25) is 4.79 Å². The normalized spacial score (nSPS) is 19.6. The highest BCUT2D eigenvalue weighted by Crippen LogP contribution is 2.39. The van der Waals surface area contributed by atoms with Gasteiger partial charge in [-0.15, -0.1) is 0 Å². The zero-order valence-electron chi connectivity index (χ0n) is 9.46. The maximum atomic E-state index is 13.0. The molecule has 1 aliphatic rings. The van der Waals surface area contributed by atoms with E-state index in [4.69, 9.17) is 5.11 Å². The van der Waals surface area contributed by atoms with Crippen molar-refractivity contribution in [3.8, 4) is 0 Å². The zero-order chi connectivity index (χ0) is 11.9. The summed E-state index contributed by atoms with van der Waals surface area (Å²) >= 11 is 0. The lowest BCUT2D eigenvalue weighted by molar-refractivity contribution is -0.149. The average molecular weight is 222 g/mol. The van der Waals surface area contributed by atoms with Crippen LogP contribution in [-0.4, -0.2) is 11.1 Å². The van der Waals surface area contributed by atoms with Crippen LogP contribution in [0.15, 0.2) is 18.2 Å². The molecule has 0 aromatic heterocycles. The Kier molecular flexibility index (Phi) is 2.49. The molecule has 0 fully saturated rings. The Labute approximate surface area is 94.1 Å². The predicted molar refractivity (Wildman–Crippen MR) is 58.7 cm³/mol. The highest BCUT2D eigenvalue weighted by atomic mass is 19.1. The van der Waals surface area contributed by atoms with Crippen LogP contribution in [0, 0.1) is 17.2 Å². The molecule has 0 amide bonds. The van der Waals surface area contributed by atoms with Gasteiger partial charge in [-0.05, 0) is 55.9 Å². The van der Waals surface area contributed by atoms with Crippen LogP contribution in [0.3, 0.4) is 0 Å². The van der Waals surface area contributed by atoms with Crippen molar-refractivity contribution in [3.05, 3.63) is 35.1 Å². The molecule has 2 rings (SSSR count). The lowest BCUT2D eigenvalue weighted by atomic mass is 9.77. The van der Waals surface area contributed by atoms with Crippen LogP contribution in [0.1, 0.15) is 25.0 Å². The second kappa shape index (κ2) is 3.58. The summed E-state index contributed by atoms with van der Waals surface area (Å²) in [5.74, 6) is -0.972. The number of rotatable bonds is 2. The monoisotopic (exact) mass is 222 g/mol. The first-order chi connectivity index (χ1) is 7.41. The number of halogens is 1. The summed E-state index contributed by atoms with van der Waals surface area (Å²) in [5.41, 5.74) is 1.29. The Morgan fingerprint density at radius 1 is 1.38 bits per heavy atom. The average Bonchev–Trinajstić information content (AvgIpc) is 2.60. The summed E-state index contributed by atoms with van der Waals surface area (Å²) in [7, 11) is 0. The van der Waals surface area contributed by atoms with E-state index in [0.29, 0.717) is 6.42 Å². The molecule has 1 aliphatic carbocycles. The predicted octanol–water partition coefficient (Wildman–Crippen LogP) is 2.65. The number of aliphatic carboxylic acids is 1. The number of carboxylic acids is 1. The van der Waals surface area contributed by atoms with Crippen LogP contribution in [-0.2, 0) is 17.6 Å². The molecule has 2 nitrogen and oxygen atoms in total. The van der Waals surface area contributed by atoms with Crippen LogP contribution < -0.4 is 0 Å². The van der Waals surface area contributed by atoms with Gasteiger partial charge in [0.05, 0.1) is 5.41 Å². The van der Waals surface area contributed by atoms with Crippen molar-refractivity contribution >= 4 is 5.97 Å². The molecule has 1 unspecified atom stereocenters. The lowest BCUT2D eigenvalue weighted by Crippen LogP contribution is -2.33. The Hall–Kier alpha value is -1.38. The molecule has 16 heavy (non-hydrogen) atoms. The molecule has 0 radical (unpaired) electrons. The van der Waals surface area contributed by atoms with Crippen molar-refractivity contribution in [1.29, 1.82) is 0 Å². The van der Waals surface area contributed by atoms with E-state index in [1.165, 1.54) is 12.1 Å². The van der Waals surface area contributed by atoms with Crippen molar-refractivity contribution < 1.29 is 14.3 Å². The minimum atomic E-state index is -0.786. The highest BCUT2D eigenvalue weighted by molar-refractivity contribution is 5.74. The fourth-order valence-electron chi connectivity index (χ4n) is 2.27. The fourth-order valence-corrected chi connectivity index (χ4v) is 2.27. The van der Waals surface area contributed by atoms with Crippen molar-refractivity contribution in [1.82, 2.24) is 0 Å². The van der Waals surface area contributed by atoms with Crippen molar-refractivity contribution in [2.75, 3.05) is 0 Å². The number of carboxylic acid groups (broad SMARTS) is 1. The first-order valence-corrected chi connectivity index (χ1v) is 5.42. The van der Waals surface area contributed by atoms with Gasteiger partial charge in [0.2, 0.25) is 0 Å². The topological polar surface area (TPSA) is 37.3 Å². The number of benzene rings is 1. The summed E-state index contributed by atoms with van der Waals surface area (Å²) in [6.07, 6.45) is 1.39. The summed E-state index contributed by atoms with van der Waals surface area (Å²) in [5, 5.41) is 9.16. The van der Waals surface area contributed by atoms with Crippen LogP contribution in [0.4, 0.5) is 4.39 Å². The van der Waals surface area contributed by atoms with E-state index in [2.05, 4.69) is 0 Å². The molecule has 1 atom stereocenters. The number of hydrogen-bond donors (Lipinski definition) is 1. The Morgan fingerprint density at radius 3 is 2.62 bits per heavy atom. The first kappa shape index (κ1) is 11.1. The van der Waals surface area contributed by atoms with Gasteiger partial charge in [0.15, 0.2) is 0 Å². The highest BCUT2D eigenvalue weighted by Gasteiger charge is 2.40. The molecule has 1 aromatic rings. The van der Waals surface area contributed by atoms with Crippen LogP contribution in [0.2, 0.25) is 0 Å². The van der Waals surface area contributed by atoms with Gasteiger partial charge in [0.25, 0.3) is 0 Å². The molecule has 0 saturated carbocycles. The van der Waals surface area contributed by atoms with Gasteiger partial charge in [0, 0.05) is 0 Å². The molecule has 0 aliphatic heterocycles. The molecule has 0 saturated heterocycles. The largest absolute Gasteiger partial charge is 0.481 e. The van der Waals surface area contributed by atoms with Crippen molar-refractivity contribution in [2.45, 2.75) is 26.7 Å². The summed E-state index contributed by atoms with van der Waals surface area (Å²) in [4.78, 5) is 11.2. The van der Waals surface area contributed by atoms with Crippen molar-refractivity contribution in [2.24, 2.45) is 11.3 Å². The van der Waals surface area contributed by atoms with E-state index in [9.17, 15) is 9.18 Å². The third kappa shape index (κ3) is 1.70. The second-order valence-electron chi connectivity index (χ2n) is 5.05. The Balaban J connectivity index is 2.26. The summed E-state index contributed by atoms with van der Waals surface area (Å²) < 4.78 is 13.0. The smallest absolute Gasteiger partial charge is 0.309 e. The molecule has 1 N–H and O–H groups in total. The number of hydrogen-bond acceptors (Lipinski definition) is 1. The summed E-state index contributed by atoms with van der Waals surface area (Å²) in [6.45, 7) is 3.48. The minimum absolute atomic E-state index is 0.0572. The quantitative estimate of drug-likeness (QED) is 0.835. The SMILES string of the molecule is CC(C)(C(=O)O)C1Cc2ccc(F)cc2C1. The van der Waals surface area contributed by atoms with Gasteiger partial charge >= 0.3 is 5.97 Å². The minimum Gasteiger partial charge on any atom is -0.481 e. The van der Waals surface area contributed by atoms with Gasteiger partial charge < -0.3 is 5.11 Å². The second-order valence-corrected chi connectivity index (χ2v) is 5.05. The molecular weight excluding hydrogens is 207 g/mol. The van der Waals surface area contributed by atoms with Gasteiger partial charge in [-0.25, -0.2) is 4.39 Å². The van der Waals surface area contributed by atoms with Crippen LogP contribution >= 0.6 is 0 Å². The van der Waals surface area contributed by atoms with Gasteiger partial charge in [-0.2, -0.15) is 0 Å². The maximum absolute atomic E-state index is 13.0. The standard InChI is InChI=1S/C13H15FO2/c1-13(2,12(15)16)10-5-8-3-4-11(14)7-9(8)6-10/h3-4,7,10H,5-6H2,1-2H3,(H,15,16). The maximum Gasteiger partial charge on any atom is 0.309 e. The van der Waals surface area contributed by atoms with Crippen LogP contribution in [0.25, 0.3) is 0 Å². The molecule has 0 spiro atoms. The van der Waals surface area contributed by atoms with E-state index >= 15 is 0 Å². The molecular formula is C13H15FO2. The summed E-state index contributed by atoms with van der Waals surface area (Å²) in [6, 6.07) is 4.73. The number of carbonyl (C=O) groups is 1. The van der Waals surface area contributed by atoms with Gasteiger partial charge in [-0.1, -0.05) is 6.07 Å². The lowest BCUT2D eigenvalue weighted by Gasteiger charge is -2.26. The third-order valence-corrected chi connectivity index (χ3v) is 3.67. The zero-order valence-corrected chi connectivity index (χ0v) is 9.46. The van der Waals surface area contributed by atoms with E-state index in [1.807, 2.05) is 0 Å². The number of fused-ring (bicyclic) bond motifs is 1. The van der Waals surface area contributed by atoms with Gasteiger partial charge in [0.1, 0.15) is 5.82 Å². The molecule has 0 bridgehead atoms. The molecule has 0 heterocycles. The van der Waals surface area contributed by atoms with E-state index < -0.39 is 11.4 Å². The molecule has 86 valence electrons. The fraction of sp³-hybridized carbons (Fsp3) is 0.462. The third-order valence-electron chi connectivity index (χ3n) is 3.67. The Bertz CT molecular complexity index is 438. The Morgan fingerprint density at radius 2 is 2.00 bits per heavy atom. The van der Waals surface area contributed by atoms with Crippen molar-refractivity contribution in [3.63, 3.8) is 0 Å². The van der Waals surface area contributed by atoms with E-state index in [1.54, 1.807) is 19.9 Å². The van der Waals surface area contributed by atoms with Crippen LogP contribution in [0.5, 0.6) is 0 Å². The van der Waals surface area contributed by atoms with E-state index in [-0.39, 0.29) is 11.7 Å². The first-order valence-electron chi connectivity index (χ1n) is 5.42. The molecule has 3 heteroatoms.